The van der Waals surface area contributed by atoms with Gasteiger partial charge in [0.15, 0.2) is 0 Å². The number of rotatable bonds is 8. The number of methoxy groups -OCH3 is 2. The van der Waals surface area contributed by atoms with Crippen LogP contribution < -0.4 is 20.1 Å². The van der Waals surface area contributed by atoms with Gasteiger partial charge in [-0.05, 0) is 35.9 Å². The van der Waals surface area contributed by atoms with Crippen LogP contribution in [0.5, 0.6) is 11.5 Å². The van der Waals surface area contributed by atoms with E-state index >= 15 is 0 Å². The fourth-order valence-corrected chi connectivity index (χ4v) is 3.24. The fourth-order valence-electron chi connectivity index (χ4n) is 3.24. The van der Waals surface area contributed by atoms with Crippen LogP contribution in [0.1, 0.15) is 11.1 Å². The van der Waals surface area contributed by atoms with E-state index in [2.05, 4.69) is 15.6 Å². The number of hydrogen-bond acceptors (Lipinski definition) is 6. The summed E-state index contributed by atoms with van der Waals surface area (Å²) < 4.78 is 10.7. The lowest BCUT2D eigenvalue weighted by Crippen LogP contribution is -2.08. The molecule has 0 bridgehead atoms. The quantitative estimate of drug-likeness (QED) is 0.440. The molecule has 0 spiro atoms. The summed E-state index contributed by atoms with van der Waals surface area (Å²) in [6.45, 7) is 1.22. The molecule has 4 aromatic rings. The molecule has 6 nitrogen and oxygen atoms in total. The Morgan fingerprint density at radius 1 is 0.733 bits per heavy atom. The van der Waals surface area contributed by atoms with E-state index in [0.29, 0.717) is 19.0 Å². The van der Waals surface area contributed by atoms with Crippen LogP contribution in [-0.4, -0.2) is 24.2 Å². The van der Waals surface area contributed by atoms with Crippen molar-refractivity contribution in [1.29, 1.82) is 0 Å². The van der Waals surface area contributed by atoms with Crippen LogP contribution in [0.25, 0.3) is 10.9 Å². The van der Waals surface area contributed by atoms with Crippen LogP contribution >= 0.6 is 0 Å². The minimum atomic E-state index is 0.576. The third kappa shape index (κ3) is 4.43. The second-order valence-corrected chi connectivity index (χ2v) is 6.78. The Morgan fingerprint density at radius 3 is 2.30 bits per heavy atom. The predicted molar refractivity (Wildman–Crippen MR) is 120 cm³/mol. The van der Waals surface area contributed by atoms with Gasteiger partial charge in [0.2, 0.25) is 5.95 Å². The Kier molecular flexibility index (Phi) is 5.94. The summed E-state index contributed by atoms with van der Waals surface area (Å²) >= 11 is 0. The Hall–Kier alpha value is -3.80. The first kappa shape index (κ1) is 19.5. The lowest BCUT2D eigenvalue weighted by Gasteiger charge is -2.13. The third-order valence-corrected chi connectivity index (χ3v) is 4.85. The standard InChI is InChI=1S/C24H24N4O2/c1-29-19-13-11-17(12-14-19)15-26-24-27-21-9-5-4-8-20(21)23(28-24)25-16-18-7-3-6-10-22(18)30-2/h3-14H,15-16H2,1-2H3,(H2,25,26,27,28). The van der Waals surface area contributed by atoms with Gasteiger partial charge < -0.3 is 20.1 Å². The first-order valence-electron chi connectivity index (χ1n) is 9.76. The molecule has 30 heavy (non-hydrogen) atoms. The molecule has 0 unspecified atom stereocenters. The largest absolute Gasteiger partial charge is 0.497 e. The van der Waals surface area contributed by atoms with Gasteiger partial charge >= 0.3 is 0 Å². The van der Waals surface area contributed by atoms with Gasteiger partial charge in [0.05, 0.1) is 19.7 Å². The van der Waals surface area contributed by atoms with Crippen molar-refractivity contribution in [3.05, 3.63) is 83.9 Å². The molecule has 0 atom stereocenters. The maximum atomic E-state index is 5.45. The fraction of sp³-hybridized carbons (Fsp3) is 0.167. The molecule has 1 aromatic heterocycles. The molecular weight excluding hydrogens is 376 g/mol. The summed E-state index contributed by atoms with van der Waals surface area (Å²) in [4.78, 5) is 9.38. The van der Waals surface area contributed by atoms with Crippen molar-refractivity contribution in [2.75, 3.05) is 24.9 Å². The Balaban J connectivity index is 1.55. The van der Waals surface area contributed by atoms with E-state index in [0.717, 1.165) is 39.3 Å². The Labute approximate surface area is 175 Å². The monoisotopic (exact) mass is 400 g/mol. The van der Waals surface area contributed by atoms with Crippen LogP contribution in [0.15, 0.2) is 72.8 Å². The lowest BCUT2D eigenvalue weighted by molar-refractivity contribution is 0.410. The molecule has 0 radical (unpaired) electrons. The van der Waals surface area contributed by atoms with Crippen LogP contribution in [0.2, 0.25) is 0 Å². The maximum absolute atomic E-state index is 5.45. The number of hydrogen-bond donors (Lipinski definition) is 2. The number of anilines is 2. The zero-order chi connectivity index (χ0) is 20.8. The van der Waals surface area contributed by atoms with E-state index in [1.54, 1.807) is 14.2 Å². The van der Waals surface area contributed by atoms with Gasteiger partial charge in [0.1, 0.15) is 17.3 Å². The molecule has 0 saturated carbocycles. The summed E-state index contributed by atoms with van der Waals surface area (Å²) in [6.07, 6.45) is 0. The van der Waals surface area contributed by atoms with Crippen molar-refractivity contribution in [3.63, 3.8) is 0 Å². The van der Waals surface area contributed by atoms with Gasteiger partial charge in [0, 0.05) is 24.0 Å². The summed E-state index contributed by atoms with van der Waals surface area (Å²) in [6, 6.07) is 23.9. The molecule has 0 saturated heterocycles. The number of aromatic nitrogens is 2. The molecule has 0 amide bonds. The van der Waals surface area contributed by atoms with Crippen molar-refractivity contribution in [2.45, 2.75) is 13.1 Å². The topological polar surface area (TPSA) is 68.3 Å². The van der Waals surface area contributed by atoms with Crippen molar-refractivity contribution < 1.29 is 9.47 Å². The second kappa shape index (κ2) is 9.13. The Morgan fingerprint density at radius 2 is 1.50 bits per heavy atom. The van der Waals surface area contributed by atoms with E-state index < -0.39 is 0 Å². The molecule has 0 aliphatic rings. The molecular formula is C24H24N4O2. The minimum Gasteiger partial charge on any atom is -0.497 e. The molecule has 0 fully saturated rings. The summed E-state index contributed by atoms with van der Waals surface area (Å²) in [5, 5.41) is 7.74. The number of nitrogens with one attached hydrogen (secondary N) is 2. The molecule has 152 valence electrons. The van der Waals surface area contributed by atoms with E-state index in [1.807, 2.05) is 72.8 Å². The summed E-state index contributed by atoms with van der Waals surface area (Å²) in [5.74, 6) is 3.04. The normalized spacial score (nSPS) is 10.6. The van der Waals surface area contributed by atoms with E-state index in [1.165, 1.54) is 0 Å². The predicted octanol–water partition coefficient (Wildman–Crippen LogP) is 4.87. The van der Waals surface area contributed by atoms with Crippen LogP contribution in [0, 0.1) is 0 Å². The molecule has 3 aromatic carbocycles. The molecule has 0 aliphatic carbocycles. The summed E-state index contributed by atoms with van der Waals surface area (Å²) in [7, 11) is 3.34. The highest BCUT2D eigenvalue weighted by Gasteiger charge is 2.09. The summed E-state index contributed by atoms with van der Waals surface area (Å²) in [5.41, 5.74) is 3.07. The van der Waals surface area contributed by atoms with E-state index in [4.69, 9.17) is 14.5 Å². The zero-order valence-corrected chi connectivity index (χ0v) is 17.1. The molecule has 2 N–H and O–H groups in total. The van der Waals surface area contributed by atoms with Gasteiger partial charge in [-0.25, -0.2) is 4.98 Å². The number of fused-ring (bicyclic) bond motifs is 1. The average Bonchev–Trinajstić information content (AvgIpc) is 2.81. The van der Waals surface area contributed by atoms with Gasteiger partial charge in [0.25, 0.3) is 0 Å². The highest BCUT2D eigenvalue weighted by atomic mass is 16.5. The second-order valence-electron chi connectivity index (χ2n) is 6.78. The number of nitrogens with zero attached hydrogens (tertiary/aromatic N) is 2. The molecule has 4 rings (SSSR count). The molecule has 0 aliphatic heterocycles. The van der Waals surface area contributed by atoms with Gasteiger partial charge in [-0.1, -0.05) is 42.5 Å². The number of benzene rings is 3. The number of ether oxygens (including phenoxy) is 2. The van der Waals surface area contributed by atoms with Gasteiger partial charge in [-0.2, -0.15) is 4.98 Å². The van der Waals surface area contributed by atoms with Gasteiger partial charge in [-0.3, -0.25) is 0 Å². The molecule has 1 heterocycles. The maximum Gasteiger partial charge on any atom is 0.225 e. The zero-order valence-electron chi connectivity index (χ0n) is 17.1. The van der Waals surface area contributed by atoms with Crippen molar-refractivity contribution in [3.8, 4) is 11.5 Å². The Bertz CT molecular complexity index is 1130. The third-order valence-electron chi connectivity index (χ3n) is 4.85. The number of para-hydroxylation sites is 2. The van der Waals surface area contributed by atoms with E-state index in [9.17, 15) is 0 Å². The van der Waals surface area contributed by atoms with Crippen molar-refractivity contribution in [2.24, 2.45) is 0 Å². The average molecular weight is 400 g/mol. The van der Waals surface area contributed by atoms with Gasteiger partial charge in [-0.15, -0.1) is 0 Å². The van der Waals surface area contributed by atoms with Crippen LogP contribution in [0.4, 0.5) is 11.8 Å². The minimum absolute atomic E-state index is 0.576. The highest BCUT2D eigenvalue weighted by molar-refractivity contribution is 5.90. The lowest BCUT2D eigenvalue weighted by atomic mass is 10.2. The van der Waals surface area contributed by atoms with Crippen LogP contribution in [0.3, 0.4) is 0 Å². The first-order valence-corrected chi connectivity index (χ1v) is 9.76. The van der Waals surface area contributed by atoms with Crippen LogP contribution in [-0.2, 0) is 13.1 Å². The van der Waals surface area contributed by atoms with Crippen molar-refractivity contribution in [1.82, 2.24) is 9.97 Å². The smallest absolute Gasteiger partial charge is 0.225 e. The molecule has 6 heteroatoms. The first-order chi connectivity index (χ1) is 14.8. The van der Waals surface area contributed by atoms with E-state index in [-0.39, 0.29) is 0 Å². The SMILES string of the molecule is COc1ccc(CNc2nc(NCc3ccccc3OC)c3ccccc3n2)cc1. The highest BCUT2D eigenvalue weighted by Crippen LogP contribution is 2.24. The van der Waals surface area contributed by atoms with Crippen molar-refractivity contribution >= 4 is 22.7 Å².